The topological polar surface area (TPSA) is 35.0 Å². The molecule has 0 spiro atoms. The summed E-state index contributed by atoms with van der Waals surface area (Å²) in [5.41, 5.74) is 2.93. The number of halogens is 1. The van der Waals surface area contributed by atoms with E-state index in [1.54, 1.807) is 7.11 Å². The van der Waals surface area contributed by atoms with Gasteiger partial charge in [-0.3, -0.25) is 0 Å². The first-order valence-corrected chi connectivity index (χ1v) is 6.87. The second-order valence-electron chi connectivity index (χ2n) is 4.25. The molecule has 19 heavy (non-hydrogen) atoms. The minimum absolute atomic E-state index is 0.446. The summed E-state index contributed by atoms with van der Waals surface area (Å²) in [6.07, 6.45) is 3.76. The van der Waals surface area contributed by atoms with Crippen LogP contribution < -0.4 is 4.74 Å². The van der Waals surface area contributed by atoms with Crippen LogP contribution in [0.1, 0.15) is 24.6 Å². The molecule has 0 saturated carbocycles. The summed E-state index contributed by atoms with van der Waals surface area (Å²) in [6, 6.07) is 7.76. The minimum Gasteiger partial charge on any atom is -0.496 e. The van der Waals surface area contributed by atoms with Gasteiger partial charge in [0.25, 0.3) is 0 Å². The van der Waals surface area contributed by atoms with E-state index in [1.165, 1.54) is 0 Å². The Morgan fingerprint density at radius 2 is 2.05 bits per heavy atom. The number of rotatable bonds is 5. The van der Waals surface area contributed by atoms with E-state index < -0.39 is 0 Å². The van der Waals surface area contributed by atoms with Gasteiger partial charge in [0.1, 0.15) is 5.75 Å². The Morgan fingerprint density at radius 3 is 2.74 bits per heavy atom. The Morgan fingerprint density at radius 1 is 1.26 bits per heavy atom. The highest BCUT2D eigenvalue weighted by Crippen LogP contribution is 2.27. The van der Waals surface area contributed by atoms with Crippen molar-refractivity contribution in [3.63, 3.8) is 0 Å². The van der Waals surface area contributed by atoms with Crippen molar-refractivity contribution >= 4 is 11.6 Å². The molecule has 0 fully saturated rings. The molecule has 0 bridgehead atoms. The highest BCUT2D eigenvalue weighted by Gasteiger charge is 2.11. The van der Waals surface area contributed by atoms with Crippen LogP contribution in [0.4, 0.5) is 0 Å². The maximum Gasteiger partial charge on any atom is 0.163 e. The number of alkyl halides is 1. The zero-order valence-corrected chi connectivity index (χ0v) is 11.9. The van der Waals surface area contributed by atoms with Gasteiger partial charge in [0.05, 0.1) is 18.6 Å². The van der Waals surface area contributed by atoms with Crippen LogP contribution in [0.15, 0.2) is 30.5 Å². The van der Waals surface area contributed by atoms with Crippen molar-refractivity contribution in [3.05, 3.63) is 41.7 Å². The molecule has 3 nitrogen and oxygen atoms in total. The number of benzene rings is 1. The van der Waals surface area contributed by atoms with Crippen LogP contribution in [-0.4, -0.2) is 17.1 Å². The Labute approximate surface area is 118 Å². The van der Waals surface area contributed by atoms with Crippen LogP contribution >= 0.6 is 11.6 Å². The fraction of sp³-hybridized carbons (Fsp3) is 0.333. The van der Waals surface area contributed by atoms with Crippen LogP contribution in [0.3, 0.4) is 0 Å². The van der Waals surface area contributed by atoms with E-state index in [0.29, 0.717) is 11.7 Å². The summed E-state index contributed by atoms with van der Waals surface area (Å²) in [5.74, 6) is 1.92. The van der Waals surface area contributed by atoms with Gasteiger partial charge in [-0.15, -0.1) is 11.6 Å². The highest BCUT2D eigenvalue weighted by molar-refractivity contribution is 6.17. The molecule has 0 aliphatic carbocycles. The van der Waals surface area contributed by atoms with E-state index in [0.717, 1.165) is 35.4 Å². The Hall–Kier alpha value is -1.61. The van der Waals surface area contributed by atoms with Gasteiger partial charge in [0.2, 0.25) is 0 Å². The lowest BCUT2D eigenvalue weighted by Gasteiger charge is -2.10. The predicted molar refractivity (Wildman–Crippen MR) is 77.6 cm³/mol. The first-order chi connectivity index (χ1) is 9.30. The van der Waals surface area contributed by atoms with Gasteiger partial charge in [0.15, 0.2) is 5.82 Å². The van der Waals surface area contributed by atoms with Crippen LogP contribution in [0.25, 0.3) is 11.4 Å². The van der Waals surface area contributed by atoms with Gasteiger partial charge in [-0.25, -0.2) is 9.97 Å². The molecule has 0 radical (unpaired) electrons. The lowest BCUT2D eigenvalue weighted by atomic mass is 10.1. The Bertz CT molecular complexity index is 558. The molecule has 0 N–H and O–H groups in total. The number of aryl methyl sites for hydroxylation is 1. The van der Waals surface area contributed by atoms with E-state index in [2.05, 4.69) is 16.9 Å². The van der Waals surface area contributed by atoms with Crippen LogP contribution in [0.2, 0.25) is 0 Å². The molecule has 0 saturated heterocycles. The van der Waals surface area contributed by atoms with Crippen LogP contribution in [0.5, 0.6) is 5.75 Å². The molecular weight excluding hydrogens is 260 g/mol. The molecule has 0 amide bonds. The van der Waals surface area contributed by atoms with Crippen molar-refractivity contribution in [3.8, 4) is 17.1 Å². The first kappa shape index (κ1) is 13.8. The average Bonchev–Trinajstić information content (AvgIpc) is 2.47. The number of hydrogen-bond donors (Lipinski definition) is 0. The Balaban J connectivity index is 2.47. The number of methoxy groups -OCH3 is 1. The van der Waals surface area contributed by atoms with Crippen molar-refractivity contribution < 1.29 is 4.74 Å². The van der Waals surface area contributed by atoms with E-state index in [-0.39, 0.29) is 0 Å². The SMILES string of the molecule is CCCc1nc(-c2ccccc2OC)ncc1CCl. The number of hydrogen-bond acceptors (Lipinski definition) is 3. The number of para-hydroxylation sites is 1. The van der Waals surface area contributed by atoms with Gasteiger partial charge < -0.3 is 4.74 Å². The molecule has 1 aromatic heterocycles. The highest BCUT2D eigenvalue weighted by atomic mass is 35.5. The first-order valence-electron chi connectivity index (χ1n) is 6.34. The summed E-state index contributed by atoms with van der Waals surface area (Å²) < 4.78 is 5.35. The molecule has 0 aliphatic rings. The lowest BCUT2D eigenvalue weighted by Crippen LogP contribution is -2.01. The van der Waals surface area contributed by atoms with Gasteiger partial charge in [0, 0.05) is 17.5 Å². The second kappa shape index (κ2) is 6.53. The molecule has 0 atom stereocenters. The van der Waals surface area contributed by atoms with Gasteiger partial charge in [-0.1, -0.05) is 25.5 Å². The lowest BCUT2D eigenvalue weighted by molar-refractivity contribution is 0.416. The maximum atomic E-state index is 5.92. The number of ether oxygens (including phenoxy) is 1. The van der Waals surface area contributed by atoms with Crippen molar-refractivity contribution in [2.45, 2.75) is 25.6 Å². The third-order valence-corrected chi connectivity index (χ3v) is 3.22. The van der Waals surface area contributed by atoms with Gasteiger partial charge in [-0.2, -0.15) is 0 Å². The molecule has 4 heteroatoms. The molecule has 100 valence electrons. The fourth-order valence-electron chi connectivity index (χ4n) is 1.97. The van der Waals surface area contributed by atoms with E-state index >= 15 is 0 Å². The van der Waals surface area contributed by atoms with Gasteiger partial charge in [-0.05, 0) is 18.6 Å². The molecular formula is C15H17ClN2O. The summed E-state index contributed by atoms with van der Waals surface area (Å²) >= 11 is 5.92. The minimum atomic E-state index is 0.446. The molecule has 1 heterocycles. The Kier molecular flexibility index (Phi) is 4.74. The maximum absolute atomic E-state index is 5.92. The summed E-state index contributed by atoms with van der Waals surface area (Å²) in [5, 5.41) is 0. The fourth-order valence-corrected chi connectivity index (χ4v) is 2.19. The standard InChI is InChI=1S/C15H17ClN2O/c1-3-6-13-11(9-16)10-17-15(18-13)12-7-4-5-8-14(12)19-2/h4-5,7-8,10H,3,6,9H2,1-2H3. The van der Waals surface area contributed by atoms with Crippen LogP contribution in [-0.2, 0) is 12.3 Å². The van der Waals surface area contributed by atoms with Crippen molar-refractivity contribution in [1.29, 1.82) is 0 Å². The molecule has 1 aromatic carbocycles. The third kappa shape index (κ3) is 3.04. The summed E-state index contributed by atoms with van der Waals surface area (Å²) in [6.45, 7) is 2.13. The van der Waals surface area contributed by atoms with E-state index in [1.807, 2.05) is 30.5 Å². The smallest absolute Gasteiger partial charge is 0.163 e. The zero-order chi connectivity index (χ0) is 13.7. The van der Waals surface area contributed by atoms with Crippen molar-refractivity contribution in [1.82, 2.24) is 9.97 Å². The summed E-state index contributed by atoms with van der Waals surface area (Å²) in [4.78, 5) is 9.03. The molecule has 0 aliphatic heterocycles. The largest absolute Gasteiger partial charge is 0.496 e. The molecule has 2 aromatic rings. The zero-order valence-electron chi connectivity index (χ0n) is 11.2. The molecule has 2 rings (SSSR count). The van der Waals surface area contributed by atoms with E-state index in [4.69, 9.17) is 16.3 Å². The van der Waals surface area contributed by atoms with Crippen molar-refractivity contribution in [2.75, 3.05) is 7.11 Å². The number of nitrogens with zero attached hydrogens (tertiary/aromatic N) is 2. The quantitative estimate of drug-likeness (QED) is 0.778. The van der Waals surface area contributed by atoms with Crippen molar-refractivity contribution in [2.24, 2.45) is 0 Å². The van der Waals surface area contributed by atoms with Gasteiger partial charge >= 0.3 is 0 Å². The predicted octanol–water partition coefficient (Wildman–Crippen LogP) is 3.84. The molecule has 0 unspecified atom stereocenters. The monoisotopic (exact) mass is 276 g/mol. The van der Waals surface area contributed by atoms with Crippen LogP contribution in [0, 0.1) is 0 Å². The summed E-state index contributed by atoms with van der Waals surface area (Å²) in [7, 11) is 1.65. The van der Waals surface area contributed by atoms with E-state index in [9.17, 15) is 0 Å². The normalized spacial score (nSPS) is 10.5. The second-order valence-corrected chi connectivity index (χ2v) is 4.52. The third-order valence-electron chi connectivity index (χ3n) is 2.93. The number of aromatic nitrogens is 2. The average molecular weight is 277 g/mol.